The van der Waals surface area contributed by atoms with Crippen LogP contribution in [0.4, 0.5) is 4.39 Å². The summed E-state index contributed by atoms with van der Waals surface area (Å²) in [6.45, 7) is 3.95. The van der Waals surface area contributed by atoms with Crippen molar-refractivity contribution in [1.82, 2.24) is 25.0 Å². The van der Waals surface area contributed by atoms with Gasteiger partial charge in [0.05, 0.1) is 6.04 Å². The van der Waals surface area contributed by atoms with E-state index in [0.29, 0.717) is 30.2 Å². The molecule has 30 heavy (non-hydrogen) atoms. The number of amides is 1. The van der Waals surface area contributed by atoms with E-state index in [2.05, 4.69) is 15.5 Å². The number of rotatable bonds is 5. The van der Waals surface area contributed by atoms with Gasteiger partial charge < -0.3 is 19.5 Å². The van der Waals surface area contributed by atoms with Crippen LogP contribution in [-0.4, -0.2) is 45.2 Å². The van der Waals surface area contributed by atoms with E-state index in [9.17, 15) is 9.18 Å². The molecule has 160 valence electrons. The molecule has 9 heteroatoms. The molecule has 7 nitrogen and oxygen atoms in total. The fourth-order valence-corrected chi connectivity index (χ4v) is 4.94. The molecule has 1 saturated carbocycles. The van der Waals surface area contributed by atoms with E-state index in [1.807, 2.05) is 23.4 Å². The molecule has 1 aliphatic carbocycles. The van der Waals surface area contributed by atoms with Crippen molar-refractivity contribution in [1.29, 1.82) is 0 Å². The van der Waals surface area contributed by atoms with Gasteiger partial charge in [0.15, 0.2) is 17.4 Å². The fraction of sp³-hybridized carbons (Fsp3) is 0.571. The van der Waals surface area contributed by atoms with Gasteiger partial charge in [-0.2, -0.15) is 0 Å². The predicted octanol–water partition coefficient (Wildman–Crippen LogP) is 2.69. The lowest BCUT2D eigenvalue weighted by Gasteiger charge is -2.32. The molecule has 2 fully saturated rings. The van der Waals surface area contributed by atoms with Crippen LogP contribution in [0.15, 0.2) is 6.07 Å². The van der Waals surface area contributed by atoms with Crippen molar-refractivity contribution in [2.75, 3.05) is 19.6 Å². The zero-order chi connectivity index (χ0) is 21.0. The van der Waals surface area contributed by atoms with Crippen LogP contribution < -0.4 is 10.1 Å². The van der Waals surface area contributed by atoms with Gasteiger partial charge in [-0.1, -0.05) is 11.6 Å². The number of ether oxygens (including phenoxy) is 1. The maximum Gasteiger partial charge on any atom is 0.223 e. The lowest BCUT2D eigenvalue weighted by molar-refractivity contribution is -0.128. The number of fused-ring (bicyclic) bond motifs is 1. The molecule has 0 radical (unpaired) electrons. The number of carbonyl (C=O) groups excluding carboxylic acids is 1. The Morgan fingerprint density at radius 2 is 2.20 bits per heavy atom. The maximum atomic E-state index is 15.0. The smallest absolute Gasteiger partial charge is 0.223 e. The molecule has 1 amide bonds. The molecule has 1 spiro atoms. The Kier molecular flexibility index (Phi) is 4.74. The van der Waals surface area contributed by atoms with Crippen LogP contribution in [-0.2, 0) is 24.9 Å². The summed E-state index contributed by atoms with van der Waals surface area (Å²) in [4.78, 5) is 14.4. The molecule has 2 aliphatic heterocycles. The summed E-state index contributed by atoms with van der Waals surface area (Å²) in [6.07, 6.45) is 3.55. The number of aromatic nitrogens is 3. The van der Waals surface area contributed by atoms with Crippen LogP contribution in [0.25, 0.3) is 0 Å². The predicted molar refractivity (Wildman–Crippen MR) is 109 cm³/mol. The molecular formula is C21H25ClFN5O2. The highest BCUT2D eigenvalue weighted by atomic mass is 35.5. The van der Waals surface area contributed by atoms with Crippen molar-refractivity contribution >= 4 is 17.5 Å². The van der Waals surface area contributed by atoms with Crippen LogP contribution in [0.1, 0.15) is 48.1 Å². The van der Waals surface area contributed by atoms with Crippen molar-refractivity contribution < 1.29 is 13.9 Å². The summed E-state index contributed by atoms with van der Waals surface area (Å²) < 4.78 is 22.7. The van der Waals surface area contributed by atoms with Crippen LogP contribution in [0.3, 0.4) is 0 Å². The van der Waals surface area contributed by atoms with Gasteiger partial charge in [0, 0.05) is 37.1 Å². The minimum Gasteiger partial charge on any atom is -0.482 e. The maximum absolute atomic E-state index is 15.0. The zero-order valence-electron chi connectivity index (χ0n) is 17.2. The number of hydrogen-bond donors (Lipinski definition) is 1. The minimum absolute atomic E-state index is 0.0980. The van der Waals surface area contributed by atoms with E-state index in [1.165, 1.54) is 6.07 Å². The molecule has 1 aromatic carbocycles. The van der Waals surface area contributed by atoms with E-state index >= 15 is 0 Å². The van der Waals surface area contributed by atoms with Crippen LogP contribution in [0, 0.1) is 18.2 Å². The number of halogens is 2. The molecule has 1 saturated heterocycles. The highest BCUT2D eigenvalue weighted by Crippen LogP contribution is 2.53. The van der Waals surface area contributed by atoms with Crippen molar-refractivity contribution in [2.45, 2.75) is 45.3 Å². The monoisotopic (exact) mass is 433 g/mol. The number of nitrogens with one attached hydrogen (secondary N) is 1. The Bertz CT molecular complexity index is 1020. The first kappa shape index (κ1) is 19.8. The molecule has 5 rings (SSSR count). The molecule has 0 bridgehead atoms. The standard InChI is InChI=1S/C21H25ClFN5O2/c1-12-25-26-17(27(12)2)10-30-20-15(23)7-14(22)13-3-6-24-16(19(13)20)9-28-11-21(4-5-21)8-18(28)29/h7,16,24H,3-6,8-11H2,1-2H3. The Morgan fingerprint density at radius 3 is 2.87 bits per heavy atom. The van der Waals surface area contributed by atoms with Crippen molar-refractivity contribution in [3.05, 3.63) is 39.7 Å². The topological polar surface area (TPSA) is 72.3 Å². The van der Waals surface area contributed by atoms with E-state index < -0.39 is 5.82 Å². The Labute approximate surface area is 179 Å². The average Bonchev–Trinajstić information content (AvgIpc) is 3.29. The molecule has 1 aromatic heterocycles. The van der Waals surface area contributed by atoms with E-state index in [-0.39, 0.29) is 29.7 Å². The lowest BCUT2D eigenvalue weighted by atomic mass is 9.92. The van der Waals surface area contributed by atoms with Crippen LogP contribution in [0.2, 0.25) is 5.02 Å². The molecule has 3 aliphatic rings. The third kappa shape index (κ3) is 3.36. The van der Waals surface area contributed by atoms with Gasteiger partial charge in [0.1, 0.15) is 12.4 Å². The molecule has 1 N–H and O–H groups in total. The van der Waals surface area contributed by atoms with Crippen LogP contribution in [0.5, 0.6) is 5.75 Å². The summed E-state index contributed by atoms with van der Waals surface area (Å²) in [5, 5.41) is 12.0. The molecule has 1 atom stereocenters. The molecule has 2 aromatic rings. The van der Waals surface area contributed by atoms with Crippen molar-refractivity contribution in [3.8, 4) is 5.75 Å². The van der Waals surface area contributed by atoms with Gasteiger partial charge in [0.25, 0.3) is 0 Å². The summed E-state index contributed by atoms with van der Waals surface area (Å²) in [5.41, 5.74) is 1.80. The van der Waals surface area contributed by atoms with E-state index in [1.54, 1.807) is 0 Å². The summed E-state index contributed by atoms with van der Waals surface area (Å²) >= 11 is 6.40. The van der Waals surface area contributed by atoms with Crippen molar-refractivity contribution in [3.63, 3.8) is 0 Å². The number of carbonyl (C=O) groups is 1. The Hall–Kier alpha value is -2.19. The number of nitrogens with zero attached hydrogens (tertiary/aromatic N) is 4. The third-order valence-corrected chi connectivity index (χ3v) is 7.07. The fourth-order valence-electron chi connectivity index (χ4n) is 4.65. The first-order valence-corrected chi connectivity index (χ1v) is 10.7. The minimum atomic E-state index is -0.502. The number of hydrogen-bond acceptors (Lipinski definition) is 5. The highest BCUT2D eigenvalue weighted by molar-refractivity contribution is 6.31. The van der Waals surface area contributed by atoms with E-state index in [4.69, 9.17) is 16.3 Å². The highest BCUT2D eigenvalue weighted by Gasteiger charge is 2.52. The number of likely N-dealkylation sites (tertiary alicyclic amines) is 1. The van der Waals surface area contributed by atoms with Gasteiger partial charge in [-0.25, -0.2) is 4.39 Å². The van der Waals surface area contributed by atoms with Crippen LogP contribution >= 0.6 is 11.6 Å². The average molecular weight is 434 g/mol. The van der Waals surface area contributed by atoms with Gasteiger partial charge in [-0.3, -0.25) is 4.79 Å². The number of aryl methyl sites for hydroxylation is 1. The van der Waals surface area contributed by atoms with Gasteiger partial charge in [-0.05, 0) is 49.8 Å². The number of benzene rings is 1. The SMILES string of the molecule is Cc1nnc(COc2c(F)cc(Cl)c3c2C(CN2CC4(CC4)CC2=O)NCC3)n1C. The largest absolute Gasteiger partial charge is 0.482 e. The molecular weight excluding hydrogens is 409 g/mol. The van der Waals surface area contributed by atoms with E-state index in [0.717, 1.165) is 42.9 Å². The van der Waals surface area contributed by atoms with Gasteiger partial charge in [0.2, 0.25) is 5.91 Å². The summed E-state index contributed by atoms with van der Waals surface area (Å²) in [5.74, 6) is 1.23. The lowest BCUT2D eigenvalue weighted by Crippen LogP contribution is -2.40. The van der Waals surface area contributed by atoms with Crippen molar-refractivity contribution in [2.24, 2.45) is 12.5 Å². The first-order valence-electron chi connectivity index (χ1n) is 10.4. The molecule has 1 unspecified atom stereocenters. The van der Waals surface area contributed by atoms with Gasteiger partial charge >= 0.3 is 0 Å². The zero-order valence-corrected chi connectivity index (χ0v) is 17.9. The third-order valence-electron chi connectivity index (χ3n) is 6.74. The van der Waals surface area contributed by atoms with Gasteiger partial charge in [-0.15, -0.1) is 10.2 Å². The first-order chi connectivity index (χ1) is 14.4. The quantitative estimate of drug-likeness (QED) is 0.784. The second-order valence-electron chi connectivity index (χ2n) is 8.78. The Morgan fingerprint density at radius 1 is 1.40 bits per heavy atom. The second-order valence-corrected chi connectivity index (χ2v) is 9.19. The summed E-state index contributed by atoms with van der Waals surface area (Å²) in [6, 6.07) is 1.09. The normalized spacial score (nSPS) is 21.9. The molecule has 3 heterocycles. The second kappa shape index (κ2) is 7.20. The summed E-state index contributed by atoms with van der Waals surface area (Å²) in [7, 11) is 1.85. The Balaban J connectivity index is 1.44.